The van der Waals surface area contributed by atoms with Gasteiger partial charge in [-0.05, 0) is 24.0 Å². The van der Waals surface area contributed by atoms with Crippen LogP contribution in [0, 0.1) is 0 Å². The third-order valence-electron chi connectivity index (χ3n) is 4.02. The maximum absolute atomic E-state index is 3.72. The molecule has 2 aromatic carbocycles. The molecule has 3 rings (SSSR count). The molecule has 1 aliphatic carbocycles. The zero-order chi connectivity index (χ0) is 13.6. The normalized spacial score (nSPS) is 15.1. The van der Waals surface area contributed by atoms with Gasteiger partial charge in [-0.1, -0.05) is 72.8 Å². The summed E-state index contributed by atoms with van der Waals surface area (Å²) in [6.07, 6.45) is 6.88. The maximum atomic E-state index is 3.72. The highest BCUT2D eigenvalue weighted by atomic mass is 14.9. The lowest BCUT2D eigenvalue weighted by molar-refractivity contribution is 0.520. The Morgan fingerprint density at radius 1 is 0.800 bits per heavy atom. The van der Waals surface area contributed by atoms with E-state index in [2.05, 4.69) is 78.1 Å². The van der Waals surface area contributed by atoms with Gasteiger partial charge in [-0.2, -0.15) is 0 Å². The number of hydrogen-bond donors (Lipinski definition) is 1. The lowest BCUT2D eigenvalue weighted by Crippen LogP contribution is -2.31. The summed E-state index contributed by atoms with van der Waals surface area (Å²) in [6, 6.07) is 22.2. The van der Waals surface area contributed by atoms with Crippen LogP contribution in [0.3, 0.4) is 0 Å². The van der Waals surface area contributed by atoms with E-state index in [1.54, 1.807) is 0 Å². The van der Waals surface area contributed by atoms with E-state index in [1.807, 2.05) is 0 Å². The Bertz CT molecular complexity index is 497. The molecule has 1 aliphatic rings. The molecule has 0 amide bonds. The van der Waals surface area contributed by atoms with Crippen LogP contribution >= 0.6 is 0 Å². The van der Waals surface area contributed by atoms with Gasteiger partial charge in [0.15, 0.2) is 0 Å². The van der Waals surface area contributed by atoms with Gasteiger partial charge in [0, 0.05) is 18.5 Å². The second-order valence-electron chi connectivity index (χ2n) is 5.42. The number of rotatable bonds is 5. The predicted molar refractivity (Wildman–Crippen MR) is 84.9 cm³/mol. The van der Waals surface area contributed by atoms with Gasteiger partial charge >= 0.3 is 0 Å². The van der Waals surface area contributed by atoms with Crippen molar-refractivity contribution in [1.82, 2.24) is 5.32 Å². The van der Waals surface area contributed by atoms with Crippen molar-refractivity contribution in [2.45, 2.75) is 24.8 Å². The fourth-order valence-electron chi connectivity index (χ4n) is 2.87. The van der Waals surface area contributed by atoms with Crippen LogP contribution in [0.5, 0.6) is 0 Å². The molecule has 0 saturated carbocycles. The minimum atomic E-state index is 0.429. The first kappa shape index (κ1) is 13.1. The summed E-state index contributed by atoms with van der Waals surface area (Å²) in [4.78, 5) is 0. The van der Waals surface area contributed by atoms with E-state index >= 15 is 0 Å². The Morgan fingerprint density at radius 3 is 1.80 bits per heavy atom. The highest BCUT2D eigenvalue weighted by Crippen LogP contribution is 2.24. The fourth-order valence-corrected chi connectivity index (χ4v) is 2.87. The Labute approximate surface area is 121 Å². The van der Waals surface area contributed by atoms with Gasteiger partial charge in [0.05, 0.1) is 0 Å². The Hall–Kier alpha value is -1.86. The molecule has 0 bridgehead atoms. The van der Waals surface area contributed by atoms with Crippen LogP contribution in [-0.2, 0) is 0 Å². The van der Waals surface area contributed by atoms with Gasteiger partial charge in [0.2, 0.25) is 0 Å². The summed E-state index contributed by atoms with van der Waals surface area (Å²) in [6.45, 7) is 1.00. The lowest BCUT2D eigenvalue weighted by Gasteiger charge is -2.21. The van der Waals surface area contributed by atoms with Crippen molar-refractivity contribution >= 4 is 0 Å². The van der Waals surface area contributed by atoms with E-state index in [4.69, 9.17) is 0 Å². The van der Waals surface area contributed by atoms with Crippen molar-refractivity contribution in [3.63, 3.8) is 0 Å². The van der Waals surface area contributed by atoms with E-state index in [0.717, 1.165) is 19.4 Å². The second-order valence-corrected chi connectivity index (χ2v) is 5.42. The van der Waals surface area contributed by atoms with Gasteiger partial charge in [-0.15, -0.1) is 0 Å². The molecule has 2 aromatic rings. The quantitative estimate of drug-likeness (QED) is 0.800. The van der Waals surface area contributed by atoms with Crippen molar-refractivity contribution < 1.29 is 0 Å². The molecular weight excluding hydrogens is 242 g/mol. The van der Waals surface area contributed by atoms with E-state index < -0.39 is 0 Å². The number of benzene rings is 2. The molecule has 0 unspecified atom stereocenters. The SMILES string of the molecule is C1=CCC(NCC(c2ccccc2)c2ccccc2)C1. The monoisotopic (exact) mass is 263 g/mol. The predicted octanol–water partition coefficient (Wildman–Crippen LogP) is 4.13. The third kappa shape index (κ3) is 3.17. The molecule has 1 heteroatoms. The molecule has 0 heterocycles. The maximum Gasteiger partial charge on any atom is 0.0214 e. The fraction of sp³-hybridized carbons (Fsp3) is 0.263. The molecule has 0 spiro atoms. The van der Waals surface area contributed by atoms with Crippen LogP contribution in [0.4, 0.5) is 0 Å². The molecule has 0 radical (unpaired) electrons. The summed E-state index contributed by atoms with van der Waals surface area (Å²) < 4.78 is 0. The second kappa shape index (κ2) is 6.53. The molecule has 0 fully saturated rings. The summed E-state index contributed by atoms with van der Waals surface area (Å²) >= 11 is 0. The Balaban J connectivity index is 1.77. The van der Waals surface area contributed by atoms with E-state index in [9.17, 15) is 0 Å². The van der Waals surface area contributed by atoms with Crippen LogP contribution in [-0.4, -0.2) is 12.6 Å². The third-order valence-corrected chi connectivity index (χ3v) is 4.02. The van der Waals surface area contributed by atoms with E-state index in [-0.39, 0.29) is 0 Å². The zero-order valence-corrected chi connectivity index (χ0v) is 11.7. The standard InChI is InChI=1S/C19H21N/c1-3-9-16(10-4-1)19(17-11-5-2-6-12-17)15-20-18-13-7-8-14-18/h1-12,18-20H,13-15H2. The molecular formula is C19H21N. The summed E-state index contributed by atoms with van der Waals surface area (Å²) in [5.74, 6) is 0.429. The molecule has 1 nitrogen and oxygen atoms in total. The first-order valence-electron chi connectivity index (χ1n) is 7.42. The summed E-state index contributed by atoms with van der Waals surface area (Å²) in [7, 11) is 0. The van der Waals surface area contributed by atoms with Crippen molar-refractivity contribution in [2.75, 3.05) is 6.54 Å². The van der Waals surface area contributed by atoms with E-state index in [1.165, 1.54) is 11.1 Å². The largest absolute Gasteiger partial charge is 0.312 e. The molecule has 0 aromatic heterocycles. The van der Waals surface area contributed by atoms with Crippen molar-refractivity contribution in [3.8, 4) is 0 Å². The Kier molecular flexibility index (Phi) is 4.29. The van der Waals surface area contributed by atoms with Gasteiger partial charge in [0.1, 0.15) is 0 Å². The van der Waals surface area contributed by atoms with Gasteiger partial charge in [-0.3, -0.25) is 0 Å². The molecule has 0 atom stereocenters. The van der Waals surface area contributed by atoms with Crippen molar-refractivity contribution in [2.24, 2.45) is 0 Å². The topological polar surface area (TPSA) is 12.0 Å². The average Bonchev–Trinajstić information content (AvgIpc) is 3.03. The van der Waals surface area contributed by atoms with Gasteiger partial charge in [-0.25, -0.2) is 0 Å². The first-order chi connectivity index (χ1) is 9.93. The molecule has 0 aliphatic heterocycles. The summed E-state index contributed by atoms with van der Waals surface area (Å²) in [5.41, 5.74) is 2.77. The van der Waals surface area contributed by atoms with Crippen molar-refractivity contribution in [1.29, 1.82) is 0 Å². The van der Waals surface area contributed by atoms with Crippen LogP contribution in [0.25, 0.3) is 0 Å². The average molecular weight is 263 g/mol. The van der Waals surface area contributed by atoms with Crippen LogP contribution in [0.2, 0.25) is 0 Å². The highest BCUT2D eigenvalue weighted by molar-refractivity contribution is 5.32. The lowest BCUT2D eigenvalue weighted by atomic mass is 9.91. The smallest absolute Gasteiger partial charge is 0.0214 e. The van der Waals surface area contributed by atoms with Gasteiger partial charge < -0.3 is 5.32 Å². The molecule has 0 saturated heterocycles. The molecule has 102 valence electrons. The van der Waals surface area contributed by atoms with E-state index in [0.29, 0.717) is 12.0 Å². The molecule has 1 N–H and O–H groups in total. The van der Waals surface area contributed by atoms with Crippen LogP contribution in [0.1, 0.15) is 29.9 Å². The van der Waals surface area contributed by atoms with Gasteiger partial charge in [0.25, 0.3) is 0 Å². The minimum Gasteiger partial charge on any atom is -0.312 e. The Morgan fingerprint density at radius 2 is 1.30 bits per heavy atom. The van der Waals surface area contributed by atoms with Crippen LogP contribution < -0.4 is 5.32 Å². The zero-order valence-electron chi connectivity index (χ0n) is 11.7. The minimum absolute atomic E-state index is 0.429. The molecule has 20 heavy (non-hydrogen) atoms. The number of nitrogens with one attached hydrogen (secondary N) is 1. The summed E-state index contributed by atoms with van der Waals surface area (Å²) in [5, 5.41) is 3.72. The first-order valence-corrected chi connectivity index (χ1v) is 7.42. The van der Waals surface area contributed by atoms with Crippen molar-refractivity contribution in [3.05, 3.63) is 83.9 Å². The van der Waals surface area contributed by atoms with Crippen LogP contribution in [0.15, 0.2) is 72.8 Å². The highest BCUT2D eigenvalue weighted by Gasteiger charge is 2.16. The number of hydrogen-bond acceptors (Lipinski definition) is 1.